The van der Waals surface area contributed by atoms with Crippen LogP contribution in [0.15, 0.2) is 36.7 Å². The predicted octanol–water partition coefficient (Wildman–Crippen LogP) is 1.93. The third-order valence-electron chi connectivity index (χ3n) is 2.03. The molecular weight excluding hydrogens is 209 g/mol. The number of hydrogen-bond acceptors (Lipinski definition) is 4. The third-order valence-corrected chi connectivity index (χ3v) is 2.03. The van der Waals surface area contributed by atoms with E-state index in [-0.39, 0.29) is 5.75 Å². The molecule has 2 aromatic rings. The molecule has 0 radical (unpaired) electrons. The minimum Gasteiger partial charge on any atom is -0.505 e. The maximum absolute atomic E-state index is 13.0. The van der Waals surface area contributed by atoms with Gasteiger partial charge in [-0.05, 0) is 23.8 Å². The molecule has 5 heteroatoms. The van der Waals surface area contributed by atoms with Crippen molar-refractivity contribution in [1.82, 2.24) is 9.97 Å². The second-order valence-electron chi connectivity index (χ2n) is 3.21. The van der Waals surface area contributed by atoms with Crippen molar-refractivity contribution in [2.75, 3.05) is 5.32 Å². The monoisotopic (exact) mass is 219 g/mol. The van der Waals surface area contributed by atoms with E-state index in [2.05, 4.69) is 15.3 Å². The van der Waals surface area contributed by atoms with Gasteiger partial charge >= 0.3 is 0 Å². The summed E-state index contributed by atoms with van der Waals surface area (Å²) in [5.74, 6) is -0.496. The Labute approximate surface area is 91.8 Å². The molecule has 82 valence electrons. The molecule has 0 saturated carbocycles. The number of benzene rings is 1. The predicted molar refractivity (Wildman–Crippen MR) is 57.4 cm³/mol. The van der Waals surface area contributed by atoms with Crippen LogP contribution in [0.4, 0.5) is 10.3 Å². The van der Waals surface area contributed by atoms with Gasteiger partial charge in [-0.3, -0.25) is 0 Å². The van der Waals surface area contributed by atoms with Gasteiger partial charge in [0.05, 0.1) is 0 Å². The summed E-state index contributed by atoms with van der Waals surface area (Å²) in [5.41, 5.74) is 0.711. The molecule has 0 spiro atoms. The maximum atomic E-state index is 13.0. The van der Waals surface area contributed by atoms with Crippen molar-refractivity contribution in [1.29, 1.82) is 0 Å². The third kappa shape index (κ3) is 2.44. The summed E-state index contributed by atoms with van der Waals surface area (Å²) in [6, 6.07) is 5.93. The zero-order valence-electron chi connectivity index (χ0n) is 8.39. The fourth-order valence-corrected chi connectivity index (χ4v) is 1.23. The first-order chi connectivity index (χ1) is 7.75. The van der Waals surface area contributed by atoms with E-state index in [9.17, 15) is 4.39 Å². The van der Waals surface area contributed by atoms with Gasteiger partial charge in [0.15, 0.2) is 11.6 Å². The van der Waals surface area contributed by atoms with E-state index in [1.165, 1.54) is 12.1 Å². The number of nitrogens with one attached hydrogen (secondary N) is 1. The maximum Gasteiger partial charge on any atom is 0.222 e. The Morgan fingerprint density at radius 2 is 2.00 bits per heavy atom. The van der Waals surface area contributed by atoms with Crippen molar-refractivity contribution < 1.29 is 9.50 Å². The Hall–Kier alpha value is -2.17. The molecule has 0 aliphatic heterocycles. The van der Waals surface area contributed by atoms with Crippen LogP contribution < -0.4 is 5.32 Å². The molecule has 0 unspecified atom stereocenters. The molecule has 4 nitrogen and oxygen atoms in total. The first-order valence-corrected chi connectivity index (χ1v) is 4.74. The van der Waals surface area contributed by atoms with Crippen molar-refractivity contribution in [3.05, 3.63) is 48.0 Å². The van der Waals surface area contributed by atoms with Crippen LogP contribution >= 0.6 is 0 Å². The molecule has 16 heavy (non-hydrogen) atoms. The van der Waals surface area contributed by atoms with Gasteiger partial charge in [-0.25, -0.2) is 14.4 Å². The fourth-order valence-electron chi connectivity index (χ4n) is 1.23. The van der Waals surface area contributed by atoms with Crippen LogP contribution in [0.25, 0.3) is 0 Å². The highest BCUT2D eigenvalue weighted by atomic mass is 19.1. The fraction of sp³-hybridized carbons (Fsp3) is 0.0909. The summed E-state index contributed by atoms with van der Waals surface area (Å²) in [7, 11) is 0. The van der Waals surface area contributed by atoms with Gasteiger partial charge < -0.3 is 10.4 Å². The van der Waals surface area contributed by atoms with E-state index in [1.54, 1.807) is 24.5 Å². The first-order valence-electron chi connectivity index (χ1n) is 4.74. The lowest BCUT2D eigenvalue weighted by Gasteiger charge is -2.04. The largest absolute Gasteiger partial charge is 0.505 e. The minimum atomic E-state index is -0.631. The summed E-state index contributed by atoms with van der Waals surface area (Å²) in [6.45, 7) is 0.404. The second-order valence-corrected chi connectivity index (χ2v) is 3.21. The molecule has 0 aliphatic rings. The molecule has 0 fully saturated rings. The van der Waals surface area contributed by atoms with Gasteiger partial charge in [-0.15, -0.1) is 0 Å². The highest BCUT2D eigenvalue weighted by Crippen LogP contribution is 2.16. The lowest BCUT2D eigenvalue weighted by Crippen LogP contribution is -2.02. The Kier molecular flexibility index (Phi) is 2.95. The average molecular weight is 219 g/mol. The standard InChI is InChI=1S/C11H10FN3O/c12-9-6-8(2-3-10(9)16)7-15-11-13-4-1-5-14-11/h1-6,16H,7H2,(H,13,14,15). The van der Waals surface area contributed by atoms with Crippen molar-refractivity contribution in [3.8, 4) is 5.75 Å². The van der Waals surface area contributed by atoms with E-state index in [4.69, 9.17) is 5.11 Å². The highest BCUT2D eigenvalue weighted by Gasteiger charge is 2.01. The number of anilines is 1. The molecule has 1 aromatic heterocycles. The molecule has 1 heterocycles. The molecule has 0 amide bonds. The van der Waals surface area contributed by atoms with Crippen molar-refractivity contribution in [2.45, 2.75) is 6.54 Å². The summed E-state index contributed by atoms with van der Waals surface area (Å²) < 4.78 is 13.0. The van der Waals surface area contributed by atoms with Gasteiger partial charge in [0.25, 0.3) is 0 Å². The molecule has 0 bridgehead atoms. The number of rotatable bonds is 3. The van der Waals surface area contributed by atoms with Crippen LogP contribution in [0, 0.1) is 5.82 Å². The van der Waals surface area contributed by atoms with Crippen LogP contribution in [0.1, 0.15) is 5.56 Å². The Bertz CT molecular complexity index is 476. The number of phenols is 1. The molecule has 2 rings (SSSR count). The smallest absolute Gasteiger partial charge is 0.222 e. The van der Waals surface area contributed by atoms with Gasteiger partial charge in [0.2, 0.25) is 5.95 Å². The number of aromatic nitrogens is 2. The Morgan fingerprint density at radius 3 is 2.69 bits per heavy atom. The van der Waals surface area contributed by atoms with Crippen molar-refractivity contribution in [2.24, 2.45) is 0 Å². The van der Waals surface area contributed by atoms with Gasteiger partial charge in [0, 0.05) is 18.9 Å². The SMILES string of the molecule is Oc1ccc(CNc2ncccn2)cc1F. The quantitative estimate of drug-likeness (QED) is 0.828. The van der Waals surface area contributed by atoms with Crippen molar-refractivity contribution >= 4 is 5.95 Å². The second kappa shape index (κ2) is 4.57. The first kappa shape index (κ1) is 10.4. The molecular formula is C11H10FN3O. The summed E-state index contributed by atoms with van der Waals surface area (Å²) >= 11 is 0. The number of halogens is 1. The minimum absolute atomic E-state index is 0.347. The molecule has 0 atom stereocenters. The molecule has 0 aliphatic carbocycles. The summed E-state index contributed by atoms with van der Waals surface area (Å²) in [4.78, 5) is 7.94. The Balaban J connectivity index is 2.03. The van der Waals surface area contributed by atoms with Crippen LogP contribution in [-0.2, 0) is 6.54 Å². The van der Waals surface area contributed by atoms with Crippen LogP contribution in [0.5, 0.6) is 5.75 Å². The van der Waals surface area contributed by atoms with Gasteiger partial charge in [-0.2, -0.15) is 0 Å². The number of phenolic OH excluding ortho intramolecular Hbond substituents is 1. The van der Waals surface area contributed by atoms with Crippen molar-refractivity contribution in [3.63, 3.8) is 0 Å². The lowest BCUT2D eigenvalue weighted by atomic mass is 10.2. The van der Waals surface area contributed by atoms with E-state index in [1.807, 2.05) is 0 Å². The van der Waals surface area contributed by atoms with E-state index < -0.39 is 5.82 Å². The summed E-state index contributed by atoms with van der Waals surface area (Å²) in [6.07, 6.45) is 3.24. The normalized spacial score (nSPS) is 10.1. The van der Waals surface area contributed by atoms with E-state index >= 15 is 0 Å². The van der Waals surface area contributed by atoms with Crippen LogP contribution in [0.3, 0.4) is 0 Å². The Morgan fingerprint density at radius 1 is 1.25 bits per heavy atom. The zero-order chi connectivity index (χ0) is 11.4. The molecule has 0 saturated heterocycles. The van der Waals surface area contributed by atoms with Gasteiger partial charge in [0.1, 0.15) is 0 Å². The van der Waals surface area contributed by atoms with Gasteiger partial charge in [-0.1, -0.05) is 6.07 Å². The zero-order valence-corrected chi connectivity index (χ0v) is 8.39. The number of nitrogens with zero attached hydrogens (tertiary/aromatic N) is 2. The van der Waals surface area contributed by atoms with Crippen LogP contribution in [0.2, 0.25) is 0 Å². The lowest BCUT2D eigenvalue weighted by molar-refractivity contribution is 0.432. The number of hydrogen-bond donors (Lipinski definition) is 2. The molecule has 2 N–H and O–H groups in total. The topological polar surface area (TPSA) is 58.0 Å². The average Bonchev–Trinajstić information content (AvgIpc) is 2.32. The number of aromatic hydroxyl groups is 1. The highest BCUT2D eigenvalue weighted by molar-refractivity contribution is 5.31. The summed E-state index contributed by atoms with van der Waals surface area (Å²) in [5, 5.41) is 11.9. The van der Waals surface area contributed by atoms with Crippen LogP contribution in [-0.4, -0.2) is 15.1 Å². The van der Waals surface area contributed by atoms with E-state index in [0.717, 1.165) is 0 Å². The molecule has 1 aromatic carbocycles. The van der Waals surface area contributed by atoms with E-state index in [0.29, 0.717) is 18.1 Å².